The maximum atomic E-state index is 11.8. The van der Waals surface area contributed by atoms with Crippen LogP contribution in [-0.4, -0.2) is 49.1 Å². The number of thioether (sulfide) groups is 1. The van der Waals surface area contributed by atoms with Gasteiger partial charge in [0.15, 0.2) is 0 Å². The maximum absolute atomic E-state index is 11.8. The molecule has 6 nitrogen and oxygen atoms in total. The molecule has 0 spiro atoms. The second kappa shape index (κ2) is 4.15. The molecule has 1 atom stereocenters. The molecule has 8 heteroatoms. The third-order valence-corrected chi connectivity index (χ3v) is 3.67. The van der Waals surface area contributed by atoms with E-state index < -0.39 is 12.0 Å². The molecule has 2 rings (SSSR count). The zero-order valence-electron chi connectivity index (χ0n) is 7.49. The molecule has 0 saturated carbocycles. The van der Waals surface area contributed by atoms with Crippen molar-refractivity contribution in [1.29, 1.82) is 0 Å². The van der Waals surface area contributed by atoms with Crippen LogP contribution in [0.5, 0.6) is 0 Å². The Morgan fingerprint density at radius 3 is 3.00 bits per heavy atom. The smallest absolute Gasteiger partial charge is 0.327 e. The number of amides is 1. The Labute approximate surface area is 93.4 Å². The number of hydrogen-bond acceptors (Lipinski definition) is 6. The van der Waals surface area contributed by atoms with Gasteiger partial charge in [0.1, 0.15) is 10.9 Å². The van der Waals surface area contributed by atoms with Gasteiger partial charge >= 0.3 is 5.97 Å². The number of aromatic nitrogens is 2. The molecule has 0 aliphatic carbocycles. The Kier molecular flexibility index (Phi) is 2.87. The van der Waals surface area contributed by atoms with Gasteiger partial charge in [-0.15, -0.1) is 16.9 Å². The Morgan fingerprint density at radius 2 is 2.40 bits per heavy atom. The van der Waals surface area contributed by atoms with Crippen molar-refractivity contribution < 1.29 is 14.7 Å². The number of carboxylic acids is 1. The van der Waals surface area contributed by atoms with Crippen molar-refractivity contribution in [1.82, 2.24) is 14.5 Å². The Morgan fingerprint density at radius 1 is 1.60 bits per heavy atom. The van der Waals surface area contributed by atoms with E-state index in [-0.39, 0.29) is 5.91 Å². The number of nitrogens with zero attached hydrogens (tertiary/aromatic N) is 3. The molecule has 0 radical (unpaired) electrons. The van der Waals surface area contributed by atoms with E-state index in [9.17, 15) is 9.59 Å². The lowest BCUT2D eigenvalue weighted by molar-refractivity contribution is -0.140. The van der Waals surface area contributed by atoms with Crippen LogP contribution in [0.1, 0.15) is 9.67 Å². The molecule has 1 unspecified atom stereocenters. The monoisotopic (exact) mass is 245 g/mol. The highest BCUT2D eigenvalue weighted by Gasteiger charge is 2.35. The summed E-state index contributed by atoms with van der Waals surface area (Å²) >= 11 is 2.41. The summed E-state index contributed by atoms with van der Waals surface area (Å²) in [6, 6.07) is -0.732. The fourth-order valence-electron chi connectivity index (χ4n) is 1.25. The maximum Gasteiger partial charge on any atom is 0.327 e. The Balaban J connectivity index is 2.17. The zero-order chi connectivity index (χ0) is 10.8. The van der Waals surface area contributed by atoms with Gasteiger partial charge in [0.25, 0.3) is 5.91 Å². The van der Waals surface area contributed by atoms with Crippen molar-refractivity contribution in [2.24, 2.45) is 0 Å². The van der Waals surface area contributed by atoms with Crippen LogP contribution in [-0.2, 0) is 4.79 Å². The van der Waals surface area contributed by atoms with Gasteiger partial charge in [0.05, 0.1) is 12.1 Å². The van der Waals surface area contributed by atoms with Crippen molar-refractivity contribution >= 4 is 35.2 Å². The molecule has 1 fully saturated rings. The van der Waals surface area contributed by atoms with E-state index in [2.05, 4.69) is 9.59 Å². The second-order valence-corrected chi connectivity index (χ2v) is 4.70. The van der Waals surface area contributed by atoms with Crippen molar-refractivity contribution in [3.8, 4) is 0 Å². The minimum absolute atomic E-state index is 0.303. The molecule has 15 heavy (non-hydrogen) atoms. The van der Waals surface area contributed by atoms with Crippen molar-refractivity contribution in [2.75, 3.05) is 11.6 Å². The third-order valence-electron chi connectivity index (χ3n) is 2.00. The molecule has 1 aliphatic rings. The number of carbonyl (C=O) groups excluding carboxylic acids is 1. The molecule has 1 aromatic heterocycles. The third kappa shape index (κ3) is 1.95. The van der Waals surface area contributed by atoms with Crippen molar-refractivity contribution in [2.45, 2.75) is 6.04 Å². The first-order valence-electron chi connectivity index (χ1n) is 4.09. The first kappa shape index (κ1) is 10.4. The largest absolute Gasteiger partial charge is 0.480 e. The predicted molar refractivity (Wildman–Crippen MR) is 54.8 cm³/mol. The quantitative estimate of drug-likeness (QED) is 0.797. The van der Waals surface area contributed by atoms with E-state index in [1.807, 2.05) is 0 Å². The van der Waals surface area contributed by atoms with E-state index in [1.54, 1.807) is 0 Å². The van der Waals surface area contributed by atoms with Crippen LogP contribution in [0, 0.1) is 0 Å². The summed E-state index contributed by atoms with van der Waals surface area (Å²) < 4.78 is 3.57. The first-order chi connectivity index (χ1) is 7.20. The molecule has 1 amide bonds. The average molecular weight is 245 g/mol. The summed E-state index contributed by atoms with van der Waals surface area (Å²) in [6.45, 7) is 0. The number of hydrogen-bond donors (Lipinski definition) is 1. The van der Waals surface area contributed by atoms with E-state index in [1.165, 1.54) is 22.9 Å². The van der Waals surface area contributed by atoms with Gasteiger partial charge in [0.2, 0.25) is 0 Å². The molecule has 1 aromatic rings. The van der Waals surface area contributed by atoms with Gasteiger partial charge in [-0.3, -0.25) is 4.79 Å². The number of carboxylic acid groups (broad SMARTS) is 1. The van der Waals surface area contributed by atoms with Crippen LogP contribution in [0.15, 0.2) is 6.20 Å². The number of carbonyl (C=O) groups is 2. The highest BCUT2D eigenvalue weighted by Crippen LogP contribution is 2.23. The molecule has 2 heterocycles. The van der Waals surface area contributed by atoms with Crippen LogP contribution < -0.4 is 0 Å². The first-order valence-corrected chi connectivity index (χ1v) is 6.02. The SMILES string of the molecule is O=C(O)C1CSCN1C(=O)c1cnns1. The van der Waals surface area contributed by atoms with Gasteiger partial charge in [-0.1, -0.05) is 4.49 Å². The molecule has 1 aliphatic heterocycles. The molecular weight excluding hydrogens is 238 g/mol. The van der Waals surface area contributed by atoms with Crippen LogP contribution in [0.2, 0.25) is 0 Å². The lowest BCUT2D eigenvalue weighted by Crippen LogP contribution is -2.41. The standard InChI is InChI=1S/C7H7N3O3S2/c11-6(5-1-8-9-15-5)10-3-14-2-4(10)7(12)13/h1,4H,2-3H2,(H,12,13). The normalized spacial score (nSPS) is 20.5. The van der Waals surface area contributed by atoms with Crippen LogP contribution in [0.25, 0.3) is 0 Å². The minimum Gasteiger partial charge on any atom is -0.480 e. The zero-order valence-corrected chi connectivity index (χ0v) is 9.12. The summed E-state index contributed by atoms with van der Waals surface area (Å²) in [6.07, 6.45) is 1.36. The van der Waals surface area contributed by atoms with E-state index in [0.29, 0.717) is 16.5 Å². The summed E-state index contributed by atoms with van der Waals surface area (Å²) in [5, 5.41) is 12.4. The molecule has 80 valence electrons. The second-order valence-electron chi connectivity index (χ2n) is 2.91. The van der Waals surface area contributed by atoms with Gasteiger partial charge in [-0.05, 0) is 11.5 Å². The number of aliphatic carboxylic acids is 1. The lowest BCUT2D eigenvalue weighted by Gasteiger charge is -2.18. The summed E-state index contributed by atoms with van der Waals surface area (Å²) in [7, 11) is 0. The van der Waals surface area contributed by atoms with E-state index in [0.717, 1.165) is 11.5 Å². The highest BCUT2D eigenvalue weighted by atomic mass is 32.2. The summed E-state index contributed by atoms with van der Waals surface area (Å²) in [5.74, 6) is -0.422. The molecule has 0 aromatic carbocycles. The van der Waals surface area contributed by atoms with Crippen molar-refractivity contribution in [3.63, 3.8) is 0 Å². The fourth-order valence-corrected chi connectivity index (χ4v) is 2.87. The van der Waals surface area contributed by atoms with E-state index >= 15 is 0 Å². The van der Waals surface area contributed by atoms with Crippen LogP contribution >= 0.6 is 23.3 Å². The average Bonchev–Trinajstić information content (AvgIpc) is 2.88. The van der Waals surface area contributed by atoms with Crippen LogP contribution in [0.4, 0.5) is 0 Å². The summed E-state index contributed by atoms with van der Waals surface area (Å²) in [4.78, 5) is 24.4. The Bertz CT molecular complexity index is 381. The molecule has 1 saturated heterocycles. The van der Waals surface area contributed by atoms with Gasteiger partial charge < -0.3 is 10.0 Å². The molecule has 1 N–H and O–H groups in total. The van der Waals surface area contributed by atoms with Gasteiger partial charge in [0, 0.05) is 5.75 Å². The minimum atomic E-state index is -0.967. The van der Waals surface area contributed by atoms with Gasteiger partial charge in [-0.2, -0.15) is 0 Å². The molecule has 0 bridgehead atoms. The fraction of sp³-hybridized carbons (Fsp3) is 0.429. The predicted octanol–water partition coefficient (Wildman–Crippen LogP) is 0.138. The van der Waals surface area contributed by atoms with Crippen molar-refractivity contribution in [3.05, 3.63) is 11.1 Å². The number of rotatable bonds is 2. The van der Waals surface area contributed by atoms with E-state index in [4.69, 9.17) is 5.11 Å². The Hall–Kier alpha value is -1.15. The van der Waals surface area contributed by atoms with Crippen LogP contribution in [0.3, 0.4) is 0 Å². The summed E-state index contributed by atoms with van der Waals surface area (Å²) in [5.41, 5.74) is 0. The topological polar surface area (TPSA) is 83.4 Å². The van der Waals surface area contributed by atoms with Gasteiger partial charge in [-0.25, -0.2) is 4.79 Å². The molecular formula is C7H7N3O3S2. The highest BCUT2D eigenvalue weighted by molar-refractivity contribution is 7.99. The lowest BCUT2D eigenvalue weighted by atomic mass is 10.3.